The molecule has 0 N–H and O–H groups in total. The first-order valence-corrected chi connectivity index (χ1v) is 8.87. The molecule has 0 aromatic heterocycles. The van der Waals surface area contributed by atoms with Gasteiger partial charge in [-0.2, -0.15) is 5.26 Å². The van der Waals surface area contributed by atoms with Crippen molar-refractivity contribution in [3.05, 3.63) is 77.9 Å². The van der Waals surface area contributed by atoms with E-state index in [-0.39, 0.29) is 0 Å². The third kappa shape index (κ3) is 3.46. The van der Waals surface area contributed by atoms with Crippen LogP contribution in [0.2, 0.25) is 0 Å². The lowest BCUT2D eigenvalue weighted by atomic mass is 10.00. The summed E-state index contributed by atoms with van der Waals surface area (Å²) in [4.78, 5) is 2.32. The molecule has 0 unspecified atom stereocenters. The van der Waals surface area contributed by atoms with E-state index < -0.39 is 0 Å². The number of nitriles is 1. The number of allylic oxidation sites excluding steroid dienone is 1. The van der Waals surface area contributed by atoms with E-state index in [1.54, 1.807) is 0 Å². The van der Waals surface area contributed by atoms with Gasteiger partial charge in [-0.25, -0.2) is 0 Å². The van der Waals surface area contributed by atoms with Gasteiger partial charge >= 0.3 is 0 Å². The van der Waals surface area contributed by atoms with Crippen LogP contribution in [-0.4, -0.2) is 26.3 Å². The molecule has 0 aliphatic carbocycles. The first-order chi connectivity index (χ1) is 12.8. The average molecular weight is 340 g/mol. The molecule has 0 spiro atoms. The van der Waals surface area contributed by atoms with E-state index in [1.807, 2.05) is 24.3 Å². The maximum Gasteiger partial charge on any atom is 0.0998 e. The minimum absolute atomic E-state index is 0.676. The smallest absolute Gasteiger partial charge is 0.0998 e. The first-order valence-electron chi connectivity index (χ1n) is 8.87. The van der Waals surface area contributed by atoms with Crippen molar-refractivity contribution in [1.29, 1.82) is 5.26 Å². The summed E-state index contributed by atoms with van der Waals surface area (Å²) in [6.45, 7) is 3.41. The largest absolute Gasteiger partial charge is 0.378 e. The Labute approximate surface area is 153 Å². The second kappa shape index (κ2) is 7.43. The second-order valence-electron chi connectivity index (χ2n) is 6.42. The number of morpholine rings is 1. The molecule has 3 heteroatoms. The highest BCUT2D eigenvalue weighted by molar-refractivity contribution is 5.94. The summed E-state index contributed by atoms with van der Waals surface area (Å²) in [5.74, 6) is 0. The van der Waals surface area contributed by atoms with Gasteiger partial charge in [0.25, 0.3) is 0 Å². The van der Waals surface area contributed by atoms with E-state index in [9.17, 15) is 5.26 Å². The molecule has 3 aromatic carbocycles. The molecule has 0 saturated carbocycles. The van der Waals surface area contributed by atoms with Crippen molar-refractivity contribution in [2.75, 3.05) is 31.2 Å². The predicted octanol–water partition coefficient (Wildman–Crippen LogP) is 4.74. The maximum atomic E-state index is 9.63. The van der Waals surface area contributed by atoms with Gasteiger partial charge < -0.3 is 9.64 Å². The lowest BCUT2D eigenvalue weighted by Crippen LogP contribution is -2.36. The Hall–Kier alpha value is -3.09. The molecule has 0 bridgehead atoms. The number of nitrogens with zero attached hydrogens (tertiary/aromatic N) is 2. The SMILES string of the molecule is N#CC(=Cc1ccc(N2CCOCC2)cc1)c1ccc2ccccc2c1. The molecule has 1 aliphatic rings. The Bertz CT molecular complexity index is 977. The number of anilines is 1. The summed E-state index contributed by atoms with van der Waals surface area (Å²) >= 11 is 0. The van der Waals surface area contributed by atoms with Crippen LogP contribution in [0.15, 0.2) is 66.7 Å². The zero-order valence-electron chi connectivity index (χ0n) is 14.6. The van der Waals surface area contributed by atoms with Crippen LogP contribution in [0.4, 0.5) is 5.69 Å². The third-order valence-corrected chi connectivity index (χ3v) is 4.76. The van der Waals surface area contributed by atoms with E-state index in [2.05, 4.69) is 59.5 Å². The van der Waals surface area contributed by atoms with Crippen molar-refractivity contribution >= 4 is 28.1 Å². The summed E-state index contributed by atoms with van der Waals surface area (Å²) in [7, 11) is 0. The maximum absolute atomic E-state index is 9.63. The summed E-state index contributed by atoms with van der Waals surface area (Å²) < 4.78 is 5.40. The fraction of sp³-hybridized carbons (Fsp3) is 0.174. The molecular weight excluding hydrogens is 320 g/mol. The minimum Gasteiger partial charge on any atom is -0.378 e. The van der Waals surface area contributed by atoms with Crippen molar-refractivity contribution in [2.45, 2.75) is 0 Å². The van der Waals surface area contributed by atoms with Gasteiger partial charge in [0.1, 0.15) is 0 Å². The van der Waals surface area contributed by atoms with Crippen LogP contribution in [0.3, 0.4) is 0 Å². The second-order valence-corrected chi connectivity index (χ2v) is 6.42. The Morgan fingerprint density at radius 2 is 1.65 bits per heavy atom. The quantitative estimate of drug-likeness (QED) is 0.510. The van der Waals surface area contributed by atoms with E-state index in [0.717, 1.165) is 42.8 Å². The molecule has 1 aliphatic heterocycles. The monoisotopic (exact) mass is 340 g/mol. The van der Waals surface area contributed by atoms with Crippen LogP contribution < -0.4 is 4.90 Å². The molecule has 128 valence electrons. The van der Waals surface area contributed by atoms with E-state index in [1.165, 1.54) is 11.1 Å². The van der Waals surface area contributed by atoms with Gasteiger partial charge in [-0.3, -0.25) is 0 Å². The van der Waals surface area contributed by atoms with Crippen molar-refractivity contribution in [3.63, 3.8) is 0 Å². The summed E-state index contributed by atoms with van der Waals surface area (Å²) in [6, 6.07) is 25.1. The number of rotatable bonds is 3. The molecule has 0 radical (unpaired) electrons. The molecule has 3 aromatic rings. The third-order valence-electron chi connectivity index (χ3n) is 4.76. The van der Waals surface area contributed by atoms with Gasteiger partial charge in [-0.15, -0.1) is 0 Å². The van der Waals surface area contributed by atoms with Crippen molar-refractivity contribution in [2.24, 2.45) is 0 Å². The van der Waals surface area contributed by atoms with E-state index >= 15 is 0 Å². The van der Waals surface area contributed by atoms with Crippen LogP contribution in [-0.2, 0) is 4.74 Å². The predicted molar refractivity (Wildman–Crippen MR) is 107 cm³/mol. The summed E-state index contributed by atoms with van der Waals surface area (Å²) in [5.41, 5.74) is 3.86. The number of fused-ring (bicyclic) bond motifs is 1. The zero-order chi connectivity index (χ0) is 17.8. The zero-order valence-corrected chi connectivity index (χ0v) is 14.6. The Balaban J connectivity index is 1.61. The molecule has 26 heavy (non-hydrogen) atoms. The molecule has 1 heterocycles. The van der Waals surface area contributed by atoms with Gasteiger partial charge in [0.2, 0.25) is 0 Å². The highest BCUT2D eigenvalue weighted by atomic mass is 16.5. The van der Waals surface area contributed by atoms with Crippen LogP contribution in [0.5, 0.6) is 0 Å². The van der Waals surface area contributed by atoms with Gasteiger partial charge in [-0.05, 0) is 46.2 Å². The van der Waals surface area contributed by atoms with Crippen molar-refractivity contribution in [1.82, 2.24) is 0 Å². The Morgan fingerprint density at radius 3 is 2.38 bits per heavy atom. The number of hydrogen-bond donors (Lipinski definition) is 0. The lowest BCUT2D eigenvalue weighted by Gasteiger charge is -2.28. The molecule has 4 rings (SSSR count). The normalized spacial score (nSPS) is 15.0. The number of benzene rings is 3. The molecule has 1 fully saturated rings. The number of ether oxygens (including phenoxy) is 1. The van der Waals surface area contributed by atoms with Crippen LogP contribution in [0.25, 0.3) is 22.4 Å². The first kappa shape index (κ1) is 16.4. The highest BCUT2D eigenvalue weighted by Crippen LogP contribution is 2.24. The Kier molecular flexibility index (Phi) is 4.68. The topological polar surface area (TPSA) is 36.3 Å². The fourth-order valence-electron chi connectivity index (χ4n) is 3.31. The average Bonchev–Trinajstić information content (AvgIpc) is 2.73. The minimum atomic E-state index is 0.676. The van der Waals surface area contributed by atoms with Crippen LogP contribution in [0, 0.1) is 11.3 Å². The molecule has 0 amide bonds. The van der Waals surface area contributed by atoms with Crippen molar-refractivity contribution in [3.8, 4) is 6.07 Å². The van der Waals surface area contributed by atoms with Gasteiger partial charge in [-0.1, -0.05) is 48.5 Å². The Morgan fingerprint density at radius 1 is 0.923 bits per heavy atom. The molecule has 3 nitrogen and oxygen atoms in total. The molecular formula is C23H20N2O. The van der Waals surface area contributed by atoms with Crippen LogP contribution in [0.1, 0.15) is 11.1 Å². The van der Waals surface area contributed by atoms with Crippen LogP contribution >= 0.6 is 0 Å². The number of hydrogen-bond acceptors (Lipinski definition) is 3. The molecule has 0 atom stereocenters. The summed E-state index contributed by atoms with van der Waals surface area (Å²) in [6.07, 6.45) is 1.95. The standard InChI is InChI=1S/C23H20N2O/c24-17-22(21-8-7-19-3-1-2-4-20(19)16-21)15-18-5-9-23(10-6-18)25-11-13-26-14-12-25/h1-10,15-16H,11-14H2. The fourth-order valence-corrected chi connectivity index (χ4v) is 3.31. The van der Waals surface area contributed by atoms with Crippen molar-refractivity contribution < 1.29 is 4.74 Å². The van der Waals surface area contributed by atoms with Gasteiger partial charge in [0.05, 0.1) is 24.9 Å². The van der Waals surface area contributed by atoms with E-state index in [4.69, 9.17) is 4.74 Å². The molecule has 1 saturated heterocycles. The van der Waals surface area contributed by atoms with E-state index in [0.29, 0.717) is 5.57 Å². The highest BCUT2D eigenvalue weighted by Gasteiger charge is 2.10. The van der Waals surface area contributed by atoms with Gasteiger partial charge in [0.15, 0.2) is 0 Å². The van der Waals surface area contributed by atoms with Gasteiger partial charge in [0, 0.05) is 18.8 Å². The lowest BCUT2D eigenvalue weighted by molar-refractivity contribution is 0.122. The summed E-state index contributed by atoms with van der Waals surface area (Å²) in [5, 5.41) is 12.0.